The summed E-state index contributed by atoms with van der Waals surface area (Å²) in [5.74, 6) is 0. The van der Waals surface area contributed by atoms with E-state index in [-0.39, 0.29) is 0 Å². The second-order valence-electron chi connectivity index (χ2n) is 8.38. The first-order chi connectivity index (χ1) is 16.0. The standard InChI is InChI=1S/C28H20Br.2CH3.BrH.Sn/c29-28(25-19-11-4-12-20-25)27(24-17-9-3-10-18-24)26(23-15-7-2-8-16-23)21-22-13-5-1-6-14-22;;;;/h1-20H;2*1H3;1H;/q;;;;+1/p-1. The van der Waals surface area contributed by atoms with E-state index in [0.717, 1.165) is 4.48 Å². The quantitative estimate of drug-likeness (QED) is 0.109. The fourth-order valence-corrected chi connectivity index (χ4v) is 12.6. The van der Waals surface area contributed by atoms with Crippen LogP contribution in [0.3, 0.4) is 0 Å². The second-order valence-corrected chi connectivity index (χ2v) is 32.3. The zero-order valence-electron chi connectivity index (χ0n) is 18.8. The molecular formula is C30H26Br2Sn. The van der Waals surface area contributed by atoms with Gasteiger partial charge in [-0.3, -0.25) is 0 Å². The van der Waals surface area contributed by atoms with Gasteiger partial charge in [-0.05, 0) is 0 Å². The first-order valence-corrected chi connectivity index (χ1v) is 25.3. The first kappa shape index (κ1) is 24.2. The Kier molecular flexibility index (Phi) is 8.10. The number of hydrogen-bond donors (Lipinski definition) is 0. The van der Waals surface area contributed by atoms with E-state index in [1.807, 2.05) is 0 Å². The Morgan fingerprint density at radius 1 is 0.485 bits per heavy atom. The van der Waals surface area contributed by atoms with Crippen LogP contribution in [0.15, 0.2) is 121 Å². The molecule has 0 aliphatic carbocycles. The molecule has 0 aliphatic heterocycles. The molecule has 0 aromatic heterocycles. The van der Waals surface area contributed by atoms with Gasteiger partial charge in [0.15, 0.2) is 0 Å². The molecular weight excluding hydrogens is 639 g/mol. The second kappa shape index (κ2) is 11.0. The molecule has 33 heavy (non-hydrogen) atoms. The van der Waals surface area contributed by atoms with Crippen LogP contribution < -0.4 is 0 Å². The Morgan fingerprint density at radius 3 is 1.21 bits per heavy atom. The molecule has 0 nitrogen and oxygen atoms in total. The van der Waals surface area contributed by atoms with Gasteiger partial charge in [0.25, 0.3) is 0 Å². The van der Waals surface area contributed by atoms with E-state index in [9.17, 15) is 0 Å². The Balaban J connectivity index is 2.19. The summed E-state index contributed by atoms with van der Waals surface area (Å²) in [6, 6.07) is 43.0. The number of allylic oxidation sites excluding steroid dienone is 2. The minimum absolute atomic E-state index is 1.10. The van der Waals surface area contributed by atoms with Crippen molar-refractivity contribution in [3.05, 3.63) is 144 Å². The van der Waals surface area contributed by atoms with E-state index in [2.05, 4.69) is 160 Å². The van der Waals surface area contributed by atoms with Gasteiger partial charge in [0, 0.05) is 0 Å². The van der Waals surface area contributed by atoms with Gasteiger partial charge in [-0.1, -0.05) is 0 Å². The first-order valence-electron chi connectivity index (χ1n) is 11.0. The van der Waals surface area contributed by atoms with E-state index < -0.39 is 16.2 Å². The summed E-state index contributed by atoms with van der Waals surface area (Å²) in [7, 11) is 0. The molecule has 3 heteroatoms. The van der Waals surface area contributed by atoms with Crippen molar-refractivity contribution in [2.24, 2.45) is 0 Å². The summed E-state index contributed by atoms with van der Waals surface area (Å²) in [5, 5.41) is 0. The summed E-state index contributed by atoms with van der Waals surface area (Å²) < 4.78 is 2.55. The third-order valence-corrected chi connectivity index (χ3v) is 14.0. The van der Waals surface area contributed by atoms with Crippen LogP contribution in [0, 0.1) is 0 Å². The van der Waals surface area contributed by atoms with Crippen LogP contribution in [0.1, 0.15) is 22.3 Å². The molecule has 0 saturated carbocycles. The molecule has 4 rings (SSSR count). The zero-order chi connectivity index (χ0) is 23.3. The van der Waals surface area contributed by atoms with Gasteiger partial charge >= 0.3 is 217 Å². The maximum absolute atomic E-state index is 4.24. The number of benzene rings is 4. The average Bonchev–Trinajstić information content (AvgIpc) is 2.85. The molecule has 4 aromatic carbocycles. The van der Waals surface area contributed by atoms with E-state index in [0.29, 0.717) is 0 Å². The van der Waals surface area contributed by atoms with Crippen LogP contribution in [0.4, 0.5) is 0 Å². The molecule has 4 aromatic rings. The van der Waals surface area contributed by atoms with Crippen LogP contribution in [0.2, 0.25) is 9.88 Å². The molecule has 0 unspecified atom stereocenters. The van der Waals surface area contributed by atoms with Gasteiger partial charge in [0.05, 0.1) is 0 Å². The van der Waals surface area contributed by atoms with Crippen molar-refractivity contribution in [1.82, 2.24) is 0 Å². The molecule has 0 atom stereocenters. The predicted molar refractivity (Wildman–Crippen MR) is 155 cm³/mol. The fraction of sp³-hybridized carbons (Fsp3) is 0.0667. The van der Waals surface area contributed by atoms with E-state index in [1.54, 1.807) is 0 Å². The zero-order valence-corrected chi connectivity index (χ0v) is 24.8. The normalized spacial score (nSPS) is 13.2. The van der Waals surface area contributed by atoms with E-state index >= 15 is 0 Å². The molecule has 0 N–H and O–H groups in total. The van der Waals surface area contributed by atoms with Gasteiger partial charge in [-0.15, -0.1) is 0 Å². The van der Waals surface area contributed by atoms with Crippen LogP contribution >= 0.6 is 28.6 Å². The molecule has 0 bridgehead atoms. The van der Waals surface area contributed by atoms with Gasteiger partial charge in [0.1, 0.15) is 0 Å². The molecule has 164 valence electrons. The average molecular weight is 665 g/mol. The van der Waals surface area contributed by atoms with Crippen LogP contribution in [0.25, 0.3) is 19.2 Å². The third-order valence-electron chi connectivity index (χ3n) is 5.53. The molecule has 0 saturated heterocycles. The summed E-state index contributed by atoms with van der Waals surface area (Å²) >= 11 is 5.44. The number of hydrogen-bond acceptors (Lipinski definition) is 0. The number of rotatable bonds is 6. The predicted octanol–water partition coefficient (Wildman–Crippen LogP) is 9.70. The topological polar surface area (TPSA) is 0 Å². The van der Waals surface area contributed by atoms with Crippen LogP contribution in [-0.2, 0) is 0 Å². The Morgan fingerprint density at radius 2 is 0.818 bits per heavy atom. The molecule has 0 spiro atoms. The minimum atomic E-state index is -2.85. The summed E-state index contributed by atoms with van der Waals surface area (Å²) in [6.07, 6.45) is 0. The Labute approximate surface area is 215 Å². The molecule has 0 fully saturated rings. The van der Waals surface area contributed by atoms with Crippen molar-refractivity contribution < 1.29 is 0 Å². The van der Waals surface area contributed by atoms with Crippen LogP contribution in [0.5, 0.6) is 0 Å². The Hall–Kier alpha value is -1.88. The van der Waals surface area contributed by atoms with Crippen molar-refractivity contribution in [1.29, 1.82) is 0 Å². The van der Waals surface area contributed by atoms with Crippen molar-refractivity contribution in [2.45, 2.75) is 9.88 Å². The Bertz CT molecular complexity index is 1250. The van der Waals surface area contributed by atoms with E-state index in [1.165, 1.54) is 37.0 Å². The van der Waals surface area contributed by atoms with Crippen LogP contribution in [-0.4, -0.2) is 16.2 Å². The van der Waals surface area contributed by atoms with Gasteiger partial charge in [-0.25, -0.2) is 0 Å². The molecule has 0 amide bonds. The summed E-state index contributed by atoms with van der Waals surface area (Å²) in [5.41, 5.74) is 7.39. The summed E-state index contributed by atoms with van der Waals surface area (Å²) in [4.78, 5) is 4.86. The SMILES string of the molecule is [CH3][Sn]([CH3])([Br])[C](=C(C(=C(Br)c1ccccc1)c1ccccc1)c1ccccc1)c1ccccc1. The maximum atomic E-state index is 4.24. The summed E-state index contributed by atoms with van der Waals surface area (Å²) in [6.45, 7) is 0. The van der Waals surface area contributed by atoms with Gasteiger partial charge in [0.2, 0.25) is 0 Å². The monoisotopic (exact) mass is 664 g/mol. The van der Waals surface area contributed by atoms with Crippen molar-refractivity contribution in [2.75, 3.05) is 0 Å². The fourth-order valence-electron chi connectivity index (χ4n) is 4.12. The number of halogens is 2. The van der Waals surface area contributed by atoms with Gasteiger partial charge < -0.3 is 0 Å². The molecule has 0 aliphatic rings. The van der Waals surface area contributed by atoms with Crippen molar-refractivity contribution >= 4 is 64.0 Å². The molecule has 0 heterocycles. The third kappa shape index (κ3) is 5.79. The van der Waals surface area contributed by atoms with Crippen molar-refractivity contribution in [3.8, 4) is 0 Å². The van der Waals surface area contributed by atoms with Crippen molar-refractivity contribution in [3.63, 3.8) is 0 Å². The molecule has 0 radical (unpaired) electrons. The van der Waals surface area contributed by atoms with Gasteiger partial charge in [-0.2, -0.15) is 0 Å². The van der Waals surface area contributed by atoms with E-state index in [4.69, 9.17) is 0 Å².